The first-order valence-corrected chi connectivity index (χ1v) is 4.94. The van der Waals surface area contributed by atoms with Gasteiger partial charge < -0.3 is 0 Å². The first kappa shape index (κ1) is 8.70. The van der Waals surface area contributed by atoms with E-state index >= 15 is 0 Å². The van der Waals surface area contributed by atoms with Crippen molar-refractivity contribution in [2.75, 3.05) is 6.54 Å². The summed E-state index contributed by atoms with van der Waals surface area (Å²) in [5, 5.41) is 0. The van der Waals surface area contributed by atoms with Crippen molar-refractivity contribution in [1.82, 2.24) is 0 Å². The predicted molar refractivity (Wildman–Crippen MR) is 38.2 cm³/mol. The van der Waals surface area contributed by atoms with Gasteiger partial charge in [-0.05, 0) is 0 Å². The van der Waals surface area contributed by atoms with Crippen LogP contribution in [0.3, 0.4) is 0 Å². The molecular formula is C7H15N2Pt. The molecule has 0 aromatic rings. The molecule has 2 unspecified atom stereocenters. The van der Waals surface area contributed by atoms with E-state index in [-0.39, 0.29) is 3.80 Å². The monoisotopic (exact) mass is 322 g/mol. The minimum absolute atomic E-state index is 0.207. The quantitative estimate of drug-likeness (QED) is 0.741. The second-order valence-electron chi connectivity index (χ2n) is 3.03. The van der Waals surface area contributed by atoms with Gasteiger partial charge in [-0.25, -0.2) is 0 Å². The molecule has 4 N–H and O–H groups in total. The molecule has 1 rings (SSSR count). The number of hydrogen-bond donors (Lipinski definition) is 2. The molecule has 1 fully saturated rings. The third-order valence-electron chi connectivity index (χ3n) is 2.31. The van der Waals surface area contributed by atoms with Crippen LogP contribution in [0.2, 0.25) is 3.80 Å². The Morgan fingerprint density at radius 3 is 2.60 bits per heavy atom. The first-order valence-electron chi connectivity index (χ1n) is 3.80. The van der Waals surface area contributed by atoms with Crippen LogP contribution >= 0.6 is 0 Å². The Hall–Kier alpha value is 0.608. The summed E-state index contributed by atoms with van der Waals surface area (Å²) >= 11 is 2.41. The van der Waals surface area contributed by atoms with Crippen molar-refractivity contribution in [2.24, 2.45) is 11.5 Å². The number of rotatable bonds is 1. The van der Waals surface area contributed by atoms with E-state index in [9.17, 15) is 0 Å². The Bertz CT molecular complexity index is 118. The molecule has 1 saturated carbocycles. The van der Waals surface area contributed by atoms with Crippen LogP contribution in [0.25, 0.3) is 0 Å². The van der Waals surface area contributed by atoms with Gasteiger partial charge in [-0.15, -0.1) is 0 Å². The van der Waals surface area contributed by atoms with Crippen LogP contribution < -0.4 is 11.5 Å². The molecule has 0 aromatic heterocycles. The van der Waals surface area contributed by atoms with Crippen LogP contribution in [0.4, 0.5) is 0 Å². The second kappa shape index (κ2) is 3.34. The third-order valence-corrected chi connectivity index (χ3v) is 4.18. The van der Waals surface area contributed by atoms with Gasteiger partial charge in [0, 0.05) is 0 Å². The summed E-state index contributed by atoms with van der Waals surface area (Å²) in [5.74, 6) is 0. The molecular weight excluding hydrogens is 307 g/mol. The van der Waals surface area contributed by atoms with E-state index in [4.69, 9.17) is 11.5 Å². The van der Waals surface area contributed by atoms with Gasteiger partial charge in [-0.1, -0.05) is 0 Å². The van der Waals surface area contributed by atoms with E-state index in [0.717, 1.165) is 13.0 Å². The van der Waals surface area contributed by atoms with Crippen molar-refractivity contribution < 1.29 is 19.8 Å². The van der Waals surface area contributed by atoms with Crippen molar-refractivity contribution in [3.63, 3.8) is 0 Å². The molecule has 0 aliphatic heterocycles. The Balaban J connectivity index is 2.54. The molecule has 0 bridgehead atoms. The fraction of sp³-hybridized carbons (Fsp3) is 1.00. The van der Waals surface area contributed by atoms with Crippen molar-refractivity contribution in [3.05, 3.63) is 0 Å². The molecule has 3 heteroatoms. The third kappa shape index (κ3) is 1.61. The Morgan fingerprint density at radius 1 is 1.50 bits per heavy atom. The van der Waals surface area contributed by atoms with E-state index in [0.29, 0.717) is 6.04 Å². The van der Waals surface area contributed by atoms with Gasteiger partial charge in [-0.2, -0.15) is 0 Å². The van der Waals surface area contributed by atoms with Crippen molar-refractivity contribution in [2.45, 2.75) is 35.5 Å². The molecule has 0 heterocycles. The van der Waals surface area contributed by atoms with Crippen LogP contribution in [-0.4, -0.2) is 12.6 Å². The average Bonchev–Trinajstić information content (AvgIpc) is 1.96. The first-order chi connectivity index (χ1) is 4.69. The molecule has 0 aromatic carbocycles. The standard InChI is InChI=1S/C7H15N2.Pt/c8-5-6-3-1-2-4-7(6)9;/h7H,1-5,8-9H2;. The summed E-state index contributed by atoms with van der Waals surface area (Å²) in [4.78, 5) is 0. The van der Waals surface area contributed by atoms with E-state index in [1.165, 1.54) is 19.3 Å². The average molecular weight is 322 g/mol. The Morgan fingerprint density at radius 2 is 2.20 bits per heavy atom. The molecule has 2 nitrogen and oxygen atoms in total. The fourth-order valence-electron chi connectivity index (χ4n) is 1.46. The van der Waals surface area contributed by atoms with E-state index in [2.05, 4.69) is 19.8 Å². The predicted octanol–water partition coefficient (Wildman–Crippen LogP) is 0.552. The van der Waals surface area contributed by atoms with E-state index in [1.807, 2.05) is 0 Å². The van der Waals surface area contributed by atoms with Crippen LogP contribution in [0.1, 0.15) is 25.7 Å². The fourth-order valence-corrected chi connectivity index (χ4v) is 2.19. The summed E-state index contributed by atoms with van der Waals surface area (Å²) in [6, 6.07) is 0.327. The molecule has 0 amide bonds. The van der Waals surface area contributed by atoms with Crippen molar-refractivity contribution >= 4 is 0 Å². The van der Waals surface area contributed by atoms with Crippen LogP contribution in [0.5, 0.6) is 0 Å². The Labute approximate surface area is 73.6 Å². The molecule has 0 radical (unpaired) electrons. The zero-order valence-electron chi connectivity index (χ0n) is 6.08. The van der Waals surface area contributed by atoms with Gasteiger partial charge >= 0.3 is 73.4 Å². The minimum atomic E-state index is 0.207. The maximum absolute atomic E-state index is 5.94. The molecule has 1 aliphatic carbocycles. The molecule has 2 atom stereocenters. The topological polar surface area (TPSA) is 52.0 Å². The van der Waals surface area contributed by atoms with Gasteiger partial charge in [0.05, 0.1) is 0 Å². The molecule has 0 spiro atoms. The number of hydrogen-bond acceptors (Lipinski definition) is 2. The van der Waals surface area contributed by atoms with Gasteiger partial charge in [-0.3, -0.25) is 0 Å². The van der Waals surface area contributed by atoms with Gasteiger partial charge in [0.15, 0.2) is 0 Å². The summed E-state index contributed by atoms with van der Waals surface area (Å²) in [5.41, 5.74) is 11.6. The molecule has 63 valence electrons. The van der Waals surface area contributed by atoms with Crippen LogP contribution in [0, 0.1) is 0 Å². The van der Waals surface area contributed by atoms with E-state index in [1.54, 1.807) is 0 Å². The molecule has 10 heavy (non-hydrogen) atoms. The molecule has 1 aliphatic rings. The van der Waals surface area contributed by atoms with Crippen LogP contribution in [-0.2, 0) is 19.8 Å². The van der Waals surface area contributed by atoms with Gasteiger partial charge in [0.2, 0.25) is 0 Å². The maximum atomic E-state index is 5.94. The zero-order valence-corrected chi connectivity index (χ0v) is 8.36. The Kier molecular flexibility index (Phi) is 2.90. The summed E-state index contributed by atoms with van der Waals surface area (Å²) in [7, 11) is 0. The summed E-state index contributed by atoms with van der Waals surface area (Å²) in [6.07, 6.45) is 4.94. The van der Waals surface area contributed by atoms with Crippen molar-refractivity contribution in [1.29, 1.82) is 0 Å². The SMILES string of the molecule is NC[C]1([Pt])CCCCC1N. The second-order valence-corrected chi connectivity index (χ2v) is 5.29. The van der Waals surface area contributed by atoms with Crippen molar-refractivity contribution in [3.8, 4) is 0 Å². The van der Waals surface area contributed by atoms with Gasteiger partial charge in [0.25, 0.3) is 0 Å². The van der Waals surface area contributed by atoms with Gasteiger partial charge in [0.1, 0.15) is 0 Å². The van der Waals surface area contributed by atoms with Crippen LogP contribution in [0.15, 0.2) is 0 Å². The number of nitrogens with two attached hydrogens (primary N) is 2. The molecule has 0 saturated heterocycles. The summed E-state index contributed by atoms with van der Waals surface area (Å²) < 4.78 is 0.207. The normalized spacial score (nSPS) is 41.8. The zero-order chi connectivity index (χ0) is 7.61. The summed E-state index contributed by atoms with van der Waals surface area (Å²) in [6.45, 7) is 0.732. The van der Waals surface area contributed by atoms with E-state index < -0.39 is 0 Å².